The van der Waals surface area contributed by atoms with Gasteiger partial charge in [0.2, 0.25) is 0 Å². The van der Waals surface area contributed by atoms with Gasteiger partial charge in [0.1, 0.15) is 12.7 Å². The number of aliphatic hydroxyl groups is 2. The van der Waals surface area contributed by atoms with Crippen LogP contribution >= 0.6 is 7.82 Å². The first kappa shape index (κ1) is 10.2. The monoisotopic (exact) mass is 871 g/mol. The van der Waals surface area contributed by atoms with Gasteiger partial charge in [0.15, 0.2) is 6.10 Å². The van der Waals surface area contributed by atoms with E-state index in [1.165, 1.54) is 0 Å². The van der Waals surface area contributed by atoms with Crippen LogP contribution in [-0.2, 0) is 32.7 Å². The molecule has 3 atom stereocenters. The molecule has 0 amide bonds. The summed E-state index contributed by atoms with van der Waals surface area (Å²) in [5.74, 6) is -6.43. The predicted octanol–water partition coefficient (Wildman–Crippen LogP) is 7.82. The van der Waals surface area contributed by atoms with E-state index >= 15 is 0 Å². The topological polar surface area (TPSA) is 152 Å². The fourth-order valence-corrected chi connectivity index (χ4v) is 2.70. The van der Waals surface area contributed by atoms with E-state index in [0.717, 1.165) is 0 Å². The fourth-order valence-electron chi connectivity index (χ4n) is 1.92. The Morgan fingerprint density at radius 2 is 0.907 bits per heavy atom. The van der Waals surface area contributed by atoms with Gasteiger partial charge in [-0.1, -0.05) is 192 Å². The van der Waals surface area contributed by atoms with Gasteiger partial charge in [0.05, 0.1) is 19.8 Å². The molecule has 0 radical (unpaired) electrons. The zero-order chi connectivity index (χ0) is 101. The van der Waals surface area contributed by atoms with Gasteiger partial charge in [0, 0.05) is 109 Å². The molecule has 0 aliphatic rings. The van der Waals surface area contributed by atoms with Gasteiger partial charge in [-0.3, -0.25) is 14.2 Å². The Morgan fingerprint density at radius 3 is 1.28 bits per heavy atom. The van der Waals surface area contributed by atoms with E-state index in [9.17, 15) is 24.2 Å². The van der Waals surface area contributed by atoms with E-state index in [1.807, 2.05) is 0 Å². The van der Waals surface area contributed by atoms with Crippen LogP contribution in [0.4, 0.5) is 0 Å². The van der Waals surface area contributed by atoms with Crippen molar-refractivity contribution >= 4 is 19.8 Å². The Morgan fingerprint density at radius 1 is 0.574 bits per heavy atom. The van der Waals surface area contributed by atoms with Gasteiger partial charge in [-0.05, 0) is 12.7 Å². The Hall–Kier alpha value is -0.0300. The Balaban J connectivity index is 0. The van der Waals surface area contributed by atoms with Crippen LogP contribution in [0.1, 0.15) is 314 Å². The number of hydrogen-bond acceptors (Lipinski definition) is 10. The third-order valence-electron chi connectivity index (χ3n) is 3.81. The molecule has 0 rings (SSSR count). The average molecular weight is 871 g/mol. The molecule has 0 saturated carbocycles. The van der Waals surface area contributed by atoms with Gasteiger partial charge in [-0.2, -0.15) is 0 Å². The van der Waals surface area contributed by atoms with Crippen LogP contribution in [0, 0.1) is 0 Å². The number of aliphatic hydroxyl groups excluding tert-OH is 2. The first-order valence-electron chi connectivity index (χ1n) is 48.4. The predicted molar refractivity (Wildman–Crippen MR) is 213 cm³/mol. The molecule has 0 aromatic heterocycles. The van der Waals surface area contributed by atoms with Gasteiger partial charge in [0.25, 0.3) is 7.82 Å². The third-order valence-corrected chi connectivity index (χ3v) is 4.74. The molecule has 0 bridgehead atoms. The standard InChI is InChI=1S/C42H83O10P.Na/c1-3-5-7-9-11-13-15-17-19-21-23-25-27-29-31-33-41(45)49-37-40(38-51-53(47,48)50-36-39(44)35-43)52-42(46)34-32-30-28-26-24-22-20-18-16-14-12-10-8-6-4-2;/h39-40,43-44H,3-38H2,1-2H3,(H,47,48);/q;+1/p-1/t39?,40-;/m1./s1/i1D3,2D3,3D2,4D2,5D2,6D2,7D2,8D2,9D2,10D2,11D2,12D2,13D2,14D2,15D2,16D2,17D2,18D2,19D2,20D2,21D2,22D2,23D2,24D2,25D2,26D2,27D2,28D2,29D2,30D2,31D2,32D2,33D2,34D2;. The van der Waals surface area contributed by atoms with Crippen molar-refractivity contribution in [2.75, 3.05) is 26.4 Å². The van der Waals surface area contributed by atoms with Crippen molar-refractivity contribution in [2.24, 2.45) is 0 Å². The molecule has 0 heterocycles. The Bertz CT molecular complexity index is 3810. The maximum absolute atomic E-state index is 14.0. The molecule has 0 saturated heterocycles. The summed E-state index contributed by atoms with van der Waals surface area (Å²) in [7, 11) is -6.25. The summed E-state index contributed by atoms with van der Waals surface area (Å²) in [6.45, 7) is -16.2. The van der Waals surface area contributed by atoms with E-state index in [0.29, 0.717) is 0 Å². The molecule has 0 aromatic carbocycles. The summed E-state index contributed by atoms with van der Waals surface area (Å²) in [4.78, 5) is 40.5. The molecule has 0 aromatic rings. The minimum absolute atomic E-state index is 0. The number of esters is 2. The van der Waals surface area contributed by atoms with Crippen molar-refractivity contribution in [2.45, 2.75) is 230 Å². The number of hydrogen-bond donors (Lipinski definition) is 2. The molecular weight excluding hydrogens is 718 g/mol. The third kappa shape index (κ3) is 41.6. The second-order valence-corrected chi connectivity index (χ2v) is 8.91. The second-order valence-electron chi connectivity index (χ2n) is 7.50. The molecule has 2 N–H and O–H groups in total. The van der Waals surface area contributed by atoms with Crippen LogP contribution in [0.5, 0.6) is 0 Å². The van der Waals surface area contributed by atoms with Crippen LogP contribution < -0.4 is 34.5 Å². The zero-order valence-electron chi connectivity index (χ0n) is 97.6. The molecule has 0 spiro atoms. The molecule has 0 fully saturated rings. The number of phosphoric ester groups is 1. The minimum atomic E-state index is -6.25. The van der Waals surface area contributed by atoms with E-state index in [-0.39, 0.29) is 29.6 Å². The Kier molecular flexibility index (Phi) is 8.02. The summed E-state index contributed by atoms with van der Waals surface area (Å²) in [5, 5.41) is 18.7. The van der Waals surface area contributed by atoms with Crippen LogP contribution in [-0.4, -0.2) is 60.8 Å². The quantitative estimate of drug-likeness (QED) is 0.0353. The summed E-state index contributed by atoms with van der Waals surface area (Å²) in [6.07, 6.45) is -178. The number of carbonyl (C=O) groups excluding carboxylic acids is 2. The summed E-state index contributed by atoms with van der Waals surface area (Å²) in [6, 6.07) is 0. The molecule has 0 aliphatic carbocycles. The summed E-state index contributed by atoms with van der Waals surface area (Å²) in [5.41, 5.74) is 0. The number of phosphoric acid groups is 1. The normalized spacial score (nSPS) is 41.8. The van der Waals surface area contributed by atoms with Crippen LogP contribution in [0.25, 0.3) is 0 Å². The largest absolute Gasteiger partial charge is 1.00 e. The molecule has 0 aliphatic heterocycles. The maximum Gasteiger partial charge on any atom is 1.00 e. The minimum Gasteiger partial charge on any atom is -0.756 e. The van der Waals surface area contributed by atoms with Gasteiger partial charge in [-0.25, -0.2) is 0 Å². The average Bonchev–Trinajstić information content (AvgIpc) is 0.677. The molecular formula is C42H82NaO10P. The van der Waals surface area contributed by atoms with Crippen LogP contribution in [0.15, 0.2) is 0 Å². The molecule has 2 unspecified atom stereocenters. The second kappa shape index (κ2) is 42.6. The first-order valence-corrected chi connectivity index (χ1v) is 14.8. The van der Waals surface area contributed by atoms with Crippen molar-refractivity contribution in [3.05, 3.63) is 0 Å². The van der Waals surface area contributed by atoms with Crippen molar-refractivity contribution in [3.8, 4) is 0 Å². The number of carbonyl (C=O) groups is 2. The molecule has 10 nitrogen and oxygen atoms in total. The van der Waals surface area contributed by atoms with Gasteiger partial charge in [-0.15, -0.1) is 0 Å². The van der Waals surface area contributed by atoms with Gasteiger partial charge < -0.3 is 33.6 Å². The van der Waals surface area contributed by atoms with Crippen molar-refractivity contribution < 1.29 is 173 Å². The van der Waals surface area contributed by atoms with E-state index in [2.05, 4.69) is 18.5 Å². The molecule has 54 heavy (non-hydrogen) atoms. The van der Waals surface area contributed by atoms with E-state index in [1.54, 1.807) is 0 Å². The first-order chi connectivity index (χ1) is 52.1. The maximum atomic E-state index is 14.0. The van der Waals surface area contributed by atoms with E-state index < -0.39 is 276 Å². The van der Waals surface area contributed by atoms with E-state index in [4.69, 9.17) is 101 Å². The molecule has 316 valence electrons. The Labute approximate surface area is 451 Å². The number of ether oxygens (including phenoxy) is 2. The summed E-state index contributed by atoms with van der Waals surface area (Å²) >= 11 is 0. The van der Waals surface area contributed by atoms with Gasteiger partial charge >= 0.3 is 41.5 Å². The zero-order valence-corrected chi connectivity index (χ0v) is 30.5. The fraction of sp³-hybridized carbons (Fsp3) is 0.952. The number of rotatable bonds is 42. The van der Waals surface area contributed by atoms with Crippen molar-refractivity contribution in [1.82, 2.24) is 0 Å². The SMILES string of the molecule is [2H]C([2H])([2H])C([2H])([2H])C([2H])([2H])C([2H])([2H])C([2H])([2H])C([2H])([2H])C([2H])([2H])C([2H])([2H])C([2H])([2H])C([2H])([2H])C([2H])([2H])C([2H])([2H])C([2H])([2H])C([2H])([2H])C([2H])([2H])C([2H])([2H])C([2H])([2H])C(=O)OC[C@H](COP(=O)([O-])OCC(O)CO)OC(=O)C([2H])([2H])C([2H])([2H])C([2H])([2H])C([2H])([2H])C([2H])([2H])C([2H])([2H])C([2H])([2H])C([2H])([2H])C([2H])([2H])C([2H])([2H])C([2H])([2H])C([2H])([2H])C([2H])([2H])C([2H])([2H])C([2H])([2H])C([2H])([2H])C([2H])([2H])[2H].[Na+]. The van der Waals surface area contributed by atoms with Crippen LogP contribution in [0.2, 0.25) is 0 Å². The van der Waals surface area contributed by atoms with Crippen molar-refractivity contribution in [1.29, 1.82) is 0 Å². The van der Waals surface area contributed by atoms with Crippen LogP contribution in [0.3, 0.4) is 0 Å². The molecule has 12 heteroatoms. The smallest absolute Gasteiger partial charge is 0.756 e. The van der Waals surface area contributed by atoms with Crippen molar-refractivity contribution in [3.63, 3.8) is 0 Å². The summed E-state index contributed by atoms with van der Waals surface area (Å²) < 4.78 is 607.